The van der Waals surface area contributed by atoms with Crippen LogP contribution >= 0.6 is 0 Å². The van der Waals surface area contributed by atoms with Crippen LogP contribution in [0.3, 0.4) is 0 Å². The second-order valence-corrected chi connectivity index (χ2v) is 3.71. The van der Waals surface area contributed by atoms with Crippen molar-refractivity contribution in [3.8, 4) is 0 Å². The van der Waals surface area contributed by atoms with Crippen LogP contribution < -0.4 is 15.8 Å². The highest BCUT2D eigenvalue weighted by Crippen LogP contribution is 2.13. The third kappa shape index (κ3) is 1.87. The van der Waals surface area contributed by atoms with Crippen LogP contribution in [0.25, 0.3) is 10.9 Å². The van der Waals surface area contributed by atoms with Gasteiger partial charge >= 0.3 is 0 Å². The lowest BCUT2D eigenvalue weighted by molar-refractivity contribution is -0.658. The molecule has 2 aromatic rings. The van der Waals surface area contributed by atoms with Crippen molar-refractivity contribution in [1.29, 1.82) is 0 Å². The molecule has 4 heteroatoms. The van der Waals surface area contributed by atoms with E-state index < -0.39 is 0 Å². The van der Waals surface area contributed by atoms with Crippen molar-refractivity contribution in [2.24, 2.45) is 5.84 Å². The molecular weight excluding hydrogens is 202 g/mol. The number of nitrogens with two attached hydrogens (primary N) is 1. The molecule has 0 atom stereocenters. The number of rotatable bonds is 2. The van der Waals surface area contributed by atoms with Gasteiger partial charge in [-0.05, 0) is 18.6 Å². The number of hydrogen-bond donors (Lipinski definition) is 2. The van der Waals surface area contributed by atoms with Crippen molar-refractivity contribution in [2.45, 2.75) is 13.5 Å². The highest BCUT2D eigenvalue weighted by atomic mass is 16.2. The molecule has 1 aromatic carbocycles. The van der Waals surface area contributed by atoms with E-state index in [4.69, 9.17) is 5.84 Å². The zero-order valence-corrected chi connectivity index (χ0v) is 9.10. The number of hydrogen-bond acceptors (Lipinski definition) is 2. The molecular formula is C12H14N3O+. The summed E-state index contributed by atoms with van der Waals surface area (Å²) in [5.74, 6) is 4.87. The number of para-hydroxylation sites is 1. The van der Waals surface area contributed by atoms with Crippen LogP contribution in [0.4, 0.5) is 0 Å². The average Bonchev–Trinajstić information content (AvgIpc) is 2.33. The predicted octanol–water partition coefficient (Wildman–Crippen LogP) is 0.426. The molecule has 0 saturated carbocycles. The van der Waals surface area contributed by atoms with Crippen molar-refractivity contribution in [3.63, 3.8) is 0 Å². The molecule has 0 bridgehead atoms. The van der Waals surface area contributed by atoms with Crippen LogP contribution in [0.2, 0.25) is 0 Å². The van der Waals surface area contributed by atoms with Gasteiger partial charge in [0.1, 0.15) is 0 Å². The summed E-state index contributed by atoms with van der Waals surface area (Å²) < 4.78 is 1.88. The summed E-state index contributed by atoms with van der Waals surface area (Å²) >= 11 is 0. The number of fused-ring (bicyclic) bond motifs is 1. The monoisotopic (exact) mass is 216 g/mol. The van der Waals surface area contributed by atoms with E-state index in [1.807, 2.05) is 41.1 Å². The highest BCUT2D eigenvalue weighted by Gasteiger charge is 2.13. The number of aryl methyl sites for hydroxylation is 1. The Kier molecular flexibility index (Phi) is 2.83. The van der Waals surface area contributed by atoms with Gasteiger partial charge in [-0.3, -0.25) is 10.2 Å². The molecule has 3 N–H and O–H groups in total. The molecule has 0 aliphatic heterocycles. The Morgan fingerprint density at radius 2 is 2.12 bits per heavy atom. The predicted molar refractivity (Wildman–Crippen MR) is 61.2 cm³/mol. The first-order valence-electron chi connectivity index (χ1n) is 5.09. The molecule has 16 heavy (non-hydrogen) atoms. The molecule has 0 radical (unpaired) electrons. The Balaban J connectivity index is 2.54. The summed E-state index contributed by atoms with van der Waals surface area (Å²) in [7, 11) is 0. The van der Waals surface area contributed by atoms with E-state index in [0.29, 0.717) is 0 Å². The van der Waals surface area contributed by atoms with E-state index in [2.05, 4.69) is 12.3 Å². The lowest BCUT2D eigenvalue weighted by atomic mass is 10.1. The average molecular weight is 216 g/mol. The molecule has 0 fully saturated rings. The first-order chi connectivity index (χ1) is 7.72. The third-order valence-electron chi connectivity index (χ3n) is 2.62. The summed E-state index contributed by atoms with van der Waals surface area (Å²) in [4.78, 5) is 11.3. The van der Waals surface area contributed by atoms with Crippen LogP contribution in [0.1, 0.15) is 5.56 Å². The van der Waals surface area contributed by atoms with Gasteiger partial charge in [-0.1, -0.05) is 12.1 Å². The maximum Gasteiger partial charge on any atom is 0.299 e. The van der Waals surface area contributed by atoms with Crippen molar-refractivity contribution >= 4 is 16.8 Å². The minimum absolute atomic E-state index is 0.209. The molecule has 1 aromatic heterocycles. The second kappa shape index (κ2) is 4.28. The topological polar surface area (TPSA) is 59.0 Å². The van der Waals surface area contributed by atoms with Gasteiger partial charge in [0.25, 0.3) is 5.91 Å². The number of carbonyl (C=O) groups excluding carboxylic acids is 1. The Hall–Kier alpha value is -1.94. The minimum atomic E-state index is -0.209. The summed E-state index contributed by atoms with van der Waals surface area (Å²) in [6.45, 7) is 2.28. The maximum atomic E-state index is 11.3. The van der Waals surface area contributed by atoms with E-state index in [9.17, 15) is 4.79 Å². The van der Waals surface area contributed by atoms with Crippen LogP contribution in [0.5, 0.6) is 0 Å². The summed E-state index contributed by atoms with van der Waals surface area (Å²) in [5.41, 5.74) is 4.36. The van der Waals surface area contributed by atoms with E-state index in [-0.39, 0.29) is 12.5 Å². The van der Waals surface area contributed by atoms with Crippen LogP contribution in [-0.2, 0) is 11.3 Å². The van der Waals surface area contributed by atoms with Gasteiger partial charge in [-0.15, -0.1) is 0 Å². The number of pyridine rings is 1. The number of nitrogens with one attached hydrogen (secondary N) is 1. The molecule has 0 spiro atoms. The van der Waals surface area contributed by atoms with E-state index >= 15 is 0 Å². The smallest absolute Gasteiger partial charge is 0.289 e. The number of amides is 1. The van der Waals surface area contributed by atoms with Gasteiger partial charge in [0.2, 0.25) is 12.1 Å². The molecule has 0 saturated heterocycles. The van der Waals surface area contributed by atoms with Gasteiger partial charge in [-0.25, -0.2) is 5.84 Å². The van der Waals surface area contributed by atoms with Crippen LogP contribution in [-0.4, -0.2) is 5.91 Å². The molecule has 1 amide bonds. The van der Waals surface area contributed by atoms with Crippen LogP contribution in [0, 0.1) is 6.92 Å². The number of carbonyl (C=O) groups is 1. The van der Waals surface area contributed by atoms with Gasteiger partial charge < -0.3 is 0 Å². The number of nitrogens with zero attached hydrogens (tertiary/aromatic N) is 1. The minimum Gasteiger partial charge on any atom is -0.289 e. The Morgan fingerprint density at radius 3 is 2.88 bits per heavy atom. The summed E-state index contributed by atoms with van der Waals surface area (Å²) in [6, 6.07) is 9.97. The molecule has 0 unspecified atom stereocenters. The molecule has 0 aliphatic rings. The Bertz CT molecular complexity index is 537. The van der Waals surface area contributed by atoms with E-state index in [1.54, 1.807) is 0 Å². The molecule has 82 valence electrons. The fourth-order valence-electron chi connectivity index (χ4n) is 1.77. The van der Waals surface area contributed by atoms with Crippen molar-refractivity contribution in [2.75, 3.05) is 0 Å². The SMILES string of the molecule is Cc1cc[n+](CC(=O)NN)c2ccccc12. The van der Waals surface area contributed by atoms with Gasteiger partial charge in [0.15, 0.2) is 6.20 Å². The molecule has 1 heterocycles. The number of aromatic nitrogens is 1. The Morgan fingerprint density at radius 1 is 1.38 bits per heavy atom. The zero-order valence-electron chi connectivity index (χ0n) is 9.10. The molecule has 4 nitrogen and oxygen atoms in total. The van der Waals surface area contributed by atoms with Crippen molar-refractivity contribution in [3.05, 3.63) is 42.1 Å². The number of hydrazine groups is 1. The third-order valence-corrected chi connectivity index (χ3v) is 2.62. The van der Waals surface area contributed by atoms with Crippen molar-refractivity contribution < 1.29 is 9.36 Å². The fraction of sp³-hybridized carbons (Fsp3) is 0.167. The van der Waals surface area contributed by atoms with Crippen molar-refractivity contribution in [1.82, 2.24) is 5.43 Å². The van der Waals surface area contributed by atoms with Crippen LogP contribution in [0.15, 0.2) is 36.5 Å². The molecule has 2 rings (SSSR count). The summed E-state index contributed by atoms with van der Waals surface area (Å²) in [6.07, 6.45) is 1.90. The van der Waals surface area contributed by atoms with Gasteiger partial charge in [0.05, 0.1) is 0 Å². The largest absolute Gasteiger partial charge is 0.299 e. The fourth-order valence-corrected chi connectivity index (χ4v) is 1.77. The quantitative estimate of drug-likeness (QED) is 0.331. The lowest BCUT2D eigenvalue weighted by Crippen LogP contribution is -2.45. The number of benzene rings is 1. The van der Waals surface area contributed by atoms with Gasteiger partial charge in [0, 0.05) is 17.5 Å². The molecule has 0 aliphatic carbocycles. The summed E-state index contributed by atoms with van der Waals surface area (Å²) in [5, 5.41) is 1.15. The van der Waals surface area contributed by atoms with E-state index in [0.717, 1.165) is 10.9 Å². The highest BCUT2D eigenvalue weighted by molar-refractivity contribution is 5.80. The van der Waals surface area contributed by atoms with E-state index in [1.165, 1.54) is 5.56 Å². The first-order valence-corrected chi connectivity index (χ1v) is 5.09. The first kappa shape index (κ1) is 10.6. The Labute approximate surface area is 93.7 Å². The lowest BCUT2D eigenvalue weighted by Gasteiger charge is -2.02. The zero-order chi connectivity index (χ0) is 11.5. The second-order valence-electron chi connectivity index (χ2n) is 3.71. The van der Waals surface area contributed by atoms with Gasteiger partial charge in [-0.2, -0.15) is 4.57 Å². The maximum absolute atomic E-state index is 11.3. The standard InChI is InChI=1S/C12H13N3O/c1-9-6-7-15(8-12(16)14-13)11-5-3-2-4-10(9)11/h2-7H,8,13H2,1H3/p+1. The normalized spacial score (nSPS) is 10.4.